The van der Waals surface area contributed by atoms with Crippen molar-refractivity contribution in [2.75, 3.05) is 38.8 Å². The van der Waals surface area contributed by atoms with Crippen LogP contribution in [0.2, 0.25) is 0 Å². The van der Waals surface area contributed by atoms with Crippen molar-refractivity contribution >= 4 is 5.69 Å². The zero-order chi connectivity index (χ0) is 14.5. The topological polar surface area (TPSA) is 35.9 Å². The normalized spacial score (nSPS) is 21.4. The van der Waals surface area contributed by atoms with Gasteiger partial charge in [0.15, 0.2) is 0 Å². The molecule has 0 radical (unpaired) electrons. The van der Waals surface area contributed by atoms with Crippen molar-refractivity contribution < 1.29 is 9.84 Å². The van der Waals surface area contributed by atoms with E-state index < -0.39 is 6.10 Å². The number of hydrogen-bond acceptors (Lipinski definition) is 4. The Labute approximate surface area is 122 Å². The lowest BCUT2D eigenvalue weighted by Gasteiger charge is -2.32. The van der Waals surface area contributed by atoms with Crippen LogP contribution in [0.1, 0.15) is 18.9 Å². The summed E-state index contributed by atoms with van der Waals surface area (Å²) in [6.45, 7) is 5.15. The molecule has 2 atom stereocenters. The van der Waals surface area contributed by atoms with Gasteiger partial charge in [-0.1, -0.05) is 25.1 Å². The summed E-state index contributed by atoms with van der Waals surface area (Å²) in [4.78, 5) is 4.71. The lowest BCUT2D eigenvalue weighted by atomic mass is 10.1. The second kappa shape index (κ2) is 7.07. The van der Waals surface area contributed by atoms with Gasteiger partial charge in [0.2, 0.25) is 0 Å². The first-order valence-corrected chi connectivity index (χ1v) is 7.35. The van der Waals surface area contributed by atoms with Gasteiger partial charge in [-0.15, -0.1) is 0 Å². The summed E-state index contributed by atoms with van der Waals surface area (Å²) in [7, 11) is 3.78. The number of nitrogens with zero attached hydrogens (tertiary/aromatic N) is 2. The van der Waals surface area contributed by atoms with E-state index in [-0.39, 0.29) is 0 Å². The molecular weight excluding hydrogens is 252 g/mol. The Kier molecular flexibility index (Phi) is 5.40. The van der Waals surface area contributed by atoms with Gasteiger partial charge in [-0.2, -0.15) is 0 Å². The summed E-state index contributed by atoms with van der Waals surface area (Å²) in [5.41, 5.74) is 2.63. The van der Waals surface area contributed by atoms with E-state index in [0.717, 1.165) is 19.5 Å². The van der Waals surface area contributed by atoms with Gasteiger partial charge in [0.1, 0.15) is 0 Å². The molecule has 1 aromatic carbocycles. The first-order valence-electron chi connectivity index (χ1n) is 7.35. The van der Waals surface area contributed by atoms with Crippen molar-refractivity contribution in [2.24, 2.45) is 0 Å². The van der Waals surface area contributed by atoms with Crippen LogP contribution in [0.25, 0.3) is 0 Å². The number of benzene rings is 1. The highest BCUT2D eigenvalue weighted by molar-refractivity contribution is 5.54. The lowest BCUT2D eigenvalue weighted by Crippen LogP contribution is -2.44. The summed E-state index contributed by atoms with van der Waals surface area (Å²) in [6, 6.07) is 8.99. The number of aliphatic hydroxyl groups is 1. The maximum atomic E-state index is 10.0. The minimum atomic E-state index is -0.426. The molecule has 4 heteroatoms. The number of methoxy groups -OCH3 is 1. The first kappa shape index (κ1) is 15.3. The van der Waals surface area contributed by atoms with Gasteiger partial charge in [-0.25, -0.2) is 0 Å². The number of likely N-dealkylation sites (N-methyl/N-ethyl adjacent to an activating group) is 1. The van der Waals surface area contributed by atoms with Crippen molar-refractivity contribution in [3.05, 3.63) is 29.8 Å². The van der Waals surface area contributed by atoms with Gasteiger partial charge in [0.25, 0.3) is 0 Å². The van der Waals surface area contributed by atoms with E-state index in [0.29, 0.717) is 19.2 Å². The summed E-state index contributed by atoms with van der Waals surface area (Å²) >= 11 is 0. The number of anilines is 1. The van der Waals surface area contributed by atoms with E-state index in [1.54, 1.807) is 7.11 Å². The molecule has 0 unspecified atom stereocenters. The molecule has 1 N–H and O–H groups in total. The Hall–Kier alpha value is -1.10. The highest BCUT2D eigenvalue weighted by Gasteiger charge is 2.26. The van der Waals surface area contributed by atoms with Gasteiger partial charge in [-0.3, -0.25) is 4.90 Å². The third kappa shape index (κ3) is 3.51. The fraction of sp³-hybridized carbons (Fsp3) is 0.625. The minimum absolute atomic E-state index is 0.393. The molecule has 0 saturated carbocycles. The van der Waals surface area contributed by atoms with Crippen LogP contribution >= 0.6 is 0 Å². The standard InChI is InChI=1S/C16H26N2O2/c1-4-14-10-17(2)16-8-6-5-7-13(16)9-18(14)11-15(19)12-20-3/h5-8,14-15,19H,4,9-12H2,1-3H3/t14-,15-/m1/s1. The number of aliphatic hydroxyl groups excluding tert-OH is 1. The monoisotopic (exact) mass is 278 g/mol. The summed E-state index contributed by atoms with van der Waals surface area (Å²) in [6.07, 6.45) is 0.655. The highest BCUT2D eigenvalue weighted by Crippen LogP contribution is 2.27. The van der Waals surface area contributed by atoms with E-state index in [2.05, 4.69) is 48.0 Å². The average molecular weight is 278 g/mol. The molecule has 0 aliphatic carbocycles. The summed E-state index contributed by atoms with van der Waals surface area (Å²) in [5, 5.41) is 10.0. The van der Waals surface area contributed by atoms with Crippen molar-refractivity contribution in [1.29, 1.82) is 0 Å². The molecule has 1 aliphatic rings. The lowest BCUT2D eigenvalue weighted by molar-refractivity contribution is 0.0250. The zero-order valence-corrected chi connectivity index (χ0v) is 12.7. The molecule has 1 aromatic rings. The largest absolute Gasteiger partial charge is 0.389 e. The Balaban J connectivity index is 2.18. The molecule has 0 fully saturated rings. The Morgan fingerprint density at radius 1 is 1.40 bits per heavy atom. The number of fused-ring (bicyclic) bond motifs is 1. The number of ether oxygens (including phenoxy) is 1. The predicted molar refractivity (Wildman–Crippen MR) is 82.1 cm³/mol. The molecule has 0 aromatic heterocycles. The van der Waals surface area contributed by atoms with Crippen LogP contribution in [-0.2, 0) is 11.3 Å². The van der Waals surface area contributed by atoms with E-state index in [1.165, 1.54) is 11.3 Å². The van der Waals surface area contributed by atoms with Crippen LogP contribution in [0, 0.1) is 0 Å². The Morgan fingerprint density at radius 3 is 2.85 bits per heavy atom. The Morgan fingerprint density at radius 2 is 2.15 bits per heavy atom. The predicted octanol–water partition coefficient (Wildman–Crippen LogP) is 1.72. The molecular formula is C16H26N2O2. The number of rotatable bonds is 5. The molecule has 112 valence electrons. The van der Waals surface area contributed by atoms with Gasteiger partial charge in [0, 0.05) is 45.5 Å². The van der Waals surface area contributed by atoms with Crippen molar-refractivity contribution in [1.82, 2.24) is 4.90 Å². The molecule has 0 saturated heterocycles. The number of β-amino-alcohol motifs (C(OH)–C–C–N with tert-alkyl or cyclic N) is 1. The van der Waals surface area contributed by atoms with Crippen LogP contribution in [0.3, 0.4) is 0 Å². The molecule has 0 spiro atoms. The van der Waals surface area contributed by atoms with Gasteiger partial charge in [0.05, 0.1) is 12.7 Å². The van der Waals surface area contributed by atoms with Crippen LogP contribution in [-0.4, -0.2) is 56.0 Å². The molecule has 4 nitrogen and oxygen atoms in total. The van der Waals surface area contributed by atoms with Crippen molar-refractivity contribution in [3.63, 3.8) is 0 Å². The van der Waals surface area contributed by atoms with Crippen molar-refractivity contribution in [2.45, 2.75) is 32.0 Å². The average Bonchev–Trinajstić information content (AvgIpc) is 2.57. The van der Waals surface area contributed by atoms with Gasteiger partial charge < -0.3 is 14.7 Å². The van der Waals surface area contributed by atoms with Crippen LogP contribution in [0.5, 0.6) is 0 Å². The number of hydrogen-bond donors (Lipinski definition) is 1. The second-order valence-electron chi connectivity index (χ2n) is 5.61. The third-order valence-corrected chi connectivity index (χ3v) is 4.05. The smallest absolute Gasteiger partial charge is 0.0900 e. The van der Waals surface area contributed by atoms with E-state index in [9.17, 15) is 5.11 Å². The van der Waals surface area contributed by atoms with E-state index in [4.69, 9.17) is 4.74 Å². The highest BCUT2D eigenvalue weighted by atomic mass is 16.5. The van der Waals surface area contributed by atoms with E-state index in [1.807, 2.05) is 0 Å². The van der Waals surface area contributed by atoms with Gasteiger partial charge >= 0.3 is 0 Å². The minimum Gasteiger partial charge on any atom is -0.389 e. The molecule has 2 rings (SSSR count). The molecule has 1 heterocycles. The maximum Gasteiger partial charge on any atom is 0.0900 e. The van der Waals surface area contributed by atoms with Crippen molar-refractivity contribution in [3.8, 4) is 0 Å². The molecule has 1 aliphatic heterocycles. The van der Waals surface area contributed by atoms with Crippen LogP contribution in [0.15, 0.2) is 24.3 Å². The molecule has 0 bridgehead atoms. The van der Waals surface area contributed by atoms with Gasteiger partial charge in [-0.05, 0) is 18.1 Å². The van der Waals surface area contributed by atoms with Crippen LogP contribution < -0.4 is 4.90 Å². The maximum absolute atomic E-state index is 10.0. The van der Waals surface area contributed by atoms with E-state index >= 15 is 0 Å². The molecule has 0 amide bonds. The fourth-order valence-electron chi connectivity index (χ4n) is 3.01. The fourth-order valence-corrected chi connectivity index (χ4v) is 3.01. The molecule has 20 heavy (non-hydrogen) atoms. The number of para-hydroxylation sites is 1. The third-order valence-electron chi connectivity index (χ3n) is 4.05. The zero-order valence-electron chi connectivity index (χ0n) is 12.7. The van der Waals surface area contributed by atoms with Crippen LogP contribution in [0.4, 0.5) is 5.69 Å². The quantitative estimate of drug-likeness (QED) is 0.890. The summed E-state index contributed by atoms with van der Waals surface area (Å²) in [5.74, 6) is 0. The second-order valence-corrected chi connectivity index (χ2v) is 5.61. The SMILES string of the molecule is CC[C@@H]1CN(C)c2ccccc2CN1C[C@@H](O)COC. The Bertz CT molecular complexity index is 425. The summed E-state index contributed by atoms with van der Waals surface area (Å²) < 4.78 is 5.05. The first-order chi connectivity index (χ1) is 9.65.